The molecule has 1 aromatic rings. The average Bonchev–Trinajstić information content (AvgIpc) is 2.63. The van der Waals surface area contributed by atoms with Gasteiger partial charge in [-0.2, -0.15) is 0 Å². The fraction of sp³-hybridized carbons (Fsp3) is 0.733. The molecular formula is C15H25N3O2. The zero-order chi connectivity index (χ0) is 14.5. The van der Waals surface area contributed by atoms with Gasteiger partial charge in [0.15, 0.2) is 5.69 Å². The summed E-state index contributed by atoms with van der Waals surface area (Å²) < 4.78 is 7.12. The Kier molecular flexibility index (Phi) is 5.04. The van der Waals surface area contributed by atoms with Gasteiger partial charge in [0.1, 0.15) is 11.6 Å². The summed E-state index contributed by atoms with van der Waals surface area (Å²) in [5.41, 5.74) is 6.48. The number of nitrogens with zero attached hydrogens (tertiary/aromatic N) is 2. The number of aryl methyl sites for hydroxylation is 1. The lowest BCUT2D eigenvalue weighted by Gasteiger charge is -2.20. The van der Waals surface area contributed by atoms with Crippen molar-refractivity contribution >= 4 is 11.8 Å². The van der Waals surface area contributed by atoms with Crippen LogP contribution in [-0.4, -0.2) is 22.1 Å². The lowest BCUT2D eigenvalue weighted by Crippen LogP contribution is -2.15. The average molecular weight is 279 g/mol. The molecule has 1 aliphatic carbocycles. The summed E-state index contributed by atoms with van der Waals surface area (Å²) in [5.74, 6) is 0.969. The van der Waals surface area contributed by atoms with Gasteiger partial charge in [-0.25, -0.2) is 9.78 Å². The highest BCUT2D eigenvalue weighted by Crippen LogP contribution is 2.32. The standard InChI is InChI=1S/C15H25N3O2/c1-3-12-17-13(15(19)20-4-2)14(16)18(12)11-9-7-5-6-8-10-11/h11H,3-10,16H2,1-2H3. The van der Waals surface area contributed by atoms with Crippen LogP contribution in [0.4, 0.5) is 5.82 Å². The molecule has 0 unspecified atom stereocenters. The molecule has 1 fully saturated rings. The van der Waals surface area contributed by atoms with Gasteiger partial charge in [0.25, 0.3) is 0 Å². The molecule has 0 radical (unpaired) electrons. The maximum Gasteiger partial charge on any atom is 0.360 e. The minimum Gasteiger partial charge on any atom is -0.461 e. The van der Waals surface area contributed by atoms with E-state index in [0.717, 1.165) is 25.1 Å². The summed E-state index contributed by atoms with van der Waals surface area (Å²) in [6, 6.07) is 0.378. The number of carbonyl (C=O) groups excluding carboxylic acids is 1. The van der Waals surface area contributed by atoms with E-state index in [4.69, 9.17) is 10.5 Å². The molecular weight excluding hydrogens is 254 g/mol. The minimum atomic E-state index is -0.410. The first-order chi connectivity index (χ1) is 9.69. The molecule has 0 atom stereocenters. The fourth-order valence-corrected chi connectivity index (χ4v) is 3.02. The molecule has 0 aromatic carbocycles. The lowest BCUT2D eigenvalue weighted by atomic mass is 10.1. The van der Waals surface area contributed by atoms with E-state index in [9.17, 15) is 4.79 Å². The smallest absolute Gasteiger partial charge is 0.360 e. The molecule has 1 aromatic heterocycles. The molecule has 0 saturated heterocycles. The van der Waals surface area contributed by atoms with Gasteiger partial charge in [-0.3, -0.25) is 0 Å². The predicted octanol–water partition coefficient (Wildman–Crippen LogP) is 3.10. The first kappa shape index (κ1) is 14.9. The van der Waals surface area contributed by atoms with Crippen LogP contribution in [0.2, 0.25) is 0 Å². The Bertz CT molecular complexity index is 460. The maximum atomic E-state index is 11.9. The van der Waals surface area contributed by atoms with Crippen molar-refractivity contribution in [2.45, 2.75) is 64.8 Å². The quantitative estimate of drug-likeness (QED) is 0.679. The maximum absolute atomic E-state index is 11.9. The molecule has 0 aliphatic heterocycles. The molecule has 1 heterocycles. The first-order valence-electron chi connectivity index (χ1n) is 7.72. The van der Waals surface area contributed by atoms with Crippen LogP contribution < -0.4 is 5.73 Å². The van der Waals surface area contributed by atoms with Crippen LogP contribution in [0.15, 0.2) is 0 Å². The van der Waals surface area contributed by atoms with E-state index in [0.29, 0.717) is 18.5 Å². The molecule has 5 nitrogen and oxygen atoms in total. The molecule has 1 aliphatic rings. The number of imidazole rings is 1. The van der Waals surface area contributed by atoms with Gasteiger partial charge in [-0.1, -0.05) is 32.6 Å². The van der Waals surface area contributed by atoms with Crippen molar-refractivity contribution in [3.63, 3.8) is 0 Å². The van der Waals surface area contributed by atoms with Crippen molar-refractivity contribution < 1.29 is 9.53 Å². The van der Waals surface area contributed by atoms with E-state index >= 15 is 0 Å². The Morgan fingerprint density at radius 3 is 2.50 bits per heavy atom. The second-order valence-electron chi connectivity index (χ2n) is 5.35. The second kappa shape index (κ2) is 6.77. The zero-order valence-electron chi connectivity index (χ0n) is 12.5. The third-order valence-electron chi connectivity index (χ3n) is 4.00. The highest BCUT2D eigenvalue weighted by Gasteiger charge is 2.25. The van der Waals surface area contributed by atoms with E-state index in [1.807, 2.05) is 6.92 Å². The fourth-order valence-electron chi connectivity index (χ4n) is 3.02. The van der Waals surface area contributed by atoms with Crippen LogP contribution in [-0.2, 0) is 11.2 Å². The summed E-state index contributed by atoms with van der Waals surface area (Å²) in [6.07, 6.45) is 8.04. The number of anilines is 1. The molecule has 5 heteroatoms. The monoisotopic (exact) mass is 279 g/mol. The molecule has 20 heavy (non-hydrogen) atoms. The number of ether oxygens (including phenoxy) is 1. The van der Waals surface area contributed by atoms with Gasteiger partial charge in [0, 0.05) is 12.5 Å². The molecule has 0 bridgehead atoms. The van der Waals surface area contributed by atoms with Crippen molar-refractivity contribution in [3.8, 4) is 0 Å². The summed E-state index contributed by atoms with van der Waals surface area (Å²) >= 11 is 0. The third-order valence-corrected chi connectivity index (χ3v) is 4.00. The molecule has 112 valence electrons. The van der Waals surface area contributed by atoms with Gasteiger partial charge in [-0.05, 0) is 19.8 Å². The number of hydrogen-bond donors (Lipinski definition) is 1. The highest BCUT2D eigenvalue weighted by atomic mass is 16.5. The number of nitrogens with two attached hydrogens (primary N) is 1. The lowest BCUT2D eigenvalue weighted by molar-refractivity contribution is 0.0521. The van der Waals surface area contributed by atoms with Crippen LogP contribution >= 0.6 is 0 Å². The number of aromatic nitrogens is 2. The van der Waals surface area contributed by atoms with Crippen molar-refractivity contribution in [1.82, 2.24) is 9.55 Å². The summed E-state index contributed by atoms with van der Waals surface area (Å²) in [6.45, 7) is 4.18. The van der Waals surface area contributed by atoms with Crippen LogP contribution in [0.5, 0.6) is 0 Å². The molecule has 0 spiro atoms. The number of hydrogen-bond acceptors (Lipinski definition) is 4. The molecule has 1 saturated carbocycles. The van der Waals surface area contributed by atoms with Crippen LogP contribution in [0, 0.1) is 0 Å². The van der Waals surface area contributed by atoms with Crippen LogP contribution in [0.1, 0.15) is 74.7 Å². The largest absolute Gasteiger partial charge is 0.461 e. The van der Waals surface area contributed by atoms with E-state index in [1.165, 1.54) is 25.7 Å². The van der Waals surface area contributed by atoms with Gasteiger partial charge >= 0.3 is 5.97 Å². The van der Waals surface area contributed by atoms with Gasteiger partial charge < -0.3 is 15.0 Å². The third kappa shape index (κ3) is 2.97. The van der Waals surface area contributed by atoms with E-state index in [1.54, 1.807) is 6.92 Å². The van der Waals surface area contributed by atoms with Crippen molar-refractivity contribution in [2.24, 2.45) is 0 Å². The Morgan fingerprint density at radius 1 is 1.30 bits per heavy atom. The topological polar surface area (TPSA) is 70.1 Å². The Hall–Kier alpha value is -1.52. The first-order valence-corrected chi connectivity index (χ1v) is 7.72. The van der Waals surface area contributed by atoms with Crippen LogP contribution in [0.3, 0.4) is 0 Å². The van der Waals surface area contributed by atoms with Gasteiger partial charge in [-0.15, -0.1) is 0 Å². The highest BCUT2D eigenvalue weighted by molar-refractivity contribution is 5.92. The molecule has 0 amide bonds. The zero-order valence-corrected chi connectivity index (χ0v) is 12.5. The molecule has 2 N–H and O–H groups in total. The summed E-state index contributed by atoms with van der Waals surface area (Å²) in [7, 11) is 0. The Labute approximate surface area is 120 Å². The Balaban J connectivity index is 2.33. The number of esters is 1. The second-order valence-corrected chi connectivity index (χ2v) is 5.35. The number of carbonyl (C=O) groups is 1. The minimum absolute atomic E-state index is 0.285. The van der Waals surface area contributed by atoms with Crippen molar-refractivity contribution in [3.05, 3.63) is 11.5 Å². The summed E-state index contributed by atoms with van der Waals surface area (Å²) in [5, 5.41) is 0. The normalized spacial score (nSPS) is 16.9. The van der Waals surface area contributed by atoms with Crippen molar-refractivity contribution in [1.29, 1.82) is 0 Å². The van der Waals surface area contributed by atoms with Crippen LogP contribution in [0.25, 0.3) is 0 Å². The van der Waals surface area contributed by atoms with Gasteiger partial charge in [0.2, 0.25) is 0 Å². The van der Waals surface area contributed by atoms with E-state index < -0.39 is 5.97 Å². The van der Waals surface area contributed by atoms with E-state index in [2.05, 4.69) is 9.55 Å². The summed E-state index contributed by atoms with van der Waals surface area (Å²) in [4.78, 5) is 16.3. The van der Waals surface area contributed by atoms with Gasteiger partial charge in [0.05, 0.1) is 6.61 Å². The number of rotatable bonds is 4. The Morgan fingerprint density at radius 2 is 1.95 bits per heavy atom. The van der Waals surface area contributed by atoms with Crippen molar-refractivity contribution in [2.75, 3.05) is 12.3 Å². The van der Waals surface area contributed by atoms with E-state index in [-0.39, 0.29) is 5.69 Å². The number of nitrogen functional groups attached to an aromatic ring is 1. The SMILES string of the molecule is CCOC(=O)c1nc(CC)n(C2CCCCCC2)c1N. The molecule has 2 rings (SSSR count). The predicted molar refractivity (Wildman–Crippen MR) is 78.7 cm³/mol.